The minimum atomic E-state index is -0.457. The molecule has 0 heterocycles. The van der Waals surface area contributed by atoms with Crippen LogP contribution < -0.4 is 10.1 Å². The molecule has 0 saturated heterocycles. The van der Waals surface area contributed by atoms with Crippen molar-refractivity contribution < 1.29 is 18.7 Å². The second kappa shape index (κ2) is 7.02. The van der Waals surface area contributed by atoms with Crippen molar-refractivity contribution >= 4 is 12.2 Å². The number of carbonyl (C=O) groups is 2. The first kappa shape index (κ1) is 15.2. The van der Waals surface area contributed by atoms with Crippen LogP contribution in [0.5, 0.6) is 5.75 Å². The van der Waals surface area contributed by atoms with E-state index in [0.29, 0.717) is 17.6 Å². The van der Waals surface area contributed by atoms with Gasteiger partial charge in [-0.3, -0.25) is 9.59 Å². The Labute approximate surface area is 123 Å². The molecule has 0 spiro atoms. The fraction of sp³-hybridized carbons (Fsp3) is 0.375. The predicted molar refractivity (Wildman–Crippen MR) is 76.6 cm³/mol. The molecule has 1 N–H and O–H groups in total. The molecule has 1 saturated carbocycles. The highest BCUT2D eigenvalue weighted by atomic mass is 19.1. The van der Waals surface area contributed by atoms with Crippen molar-refractivity contribution in [3.63, 3.8) is 0 Å². The van der Waals surface area contributed by atoms with Crippen LogP contribution in [0, 0.1) is 5.82 Å². The molecule has 1 aromatic rings. The maximum Gasteiger partial charge on any atom is 0.244 e. The van der Waals surface area contributed by atoms with Crippen molar-refractivity contribution in [2.45, 2.75) is 31.7 Å². The highest BCUT2D eigenvalue weighted by Gasteiger charge is 2.18. The quantitative estimate of drug-likeness (QED) is 0.645. The summed E-state index contributed by atoms with van der Waals surface area (Å²) in [5.74, 6) is -0.340. The molecular weight excluding hydrogens is 273 g/mol. The molecule has 0 aromatic heterocycles. The topological polar surface area (TPSA) is 55.4 Å². The Bertz CT molecular complexity index is 565. The smallest absolute Gasteiger partial charge is 0.244 e. The van der Waals surface area contributed by atoms with Gasteiger partial charge in [0, 0.05) is 30.2 Å². The zero-order chi connectivity index (χ0) is 15.2. The fourth-order valence-corrected chi connectivity index (χ4v) is 2.11. The Hall–Kier alpha value is -2.17. The second-order valence-corrected chi connectivity index (χ2v) is 5.11. The van der Waals surface area contributed by atoms with Crippen LogP contribution in [0.4, 0.5) is 4.39 Å². The molecule has 0 aliphatic heterocycles. The minimum Gasteiger partial charge on any atom is -0.497 e. The molecule has 0 atom stereocenters. The number of hydrogen-bond acceptors (Lipinski definition) is 3. The molecule has 4 nitrogen and oxygen atoms in total. The average molecular weight is 291 g/mol. The third-order valence-corrected chi connectivity index (χ3v) is 3.57. The molecular formula is C16H18FNO3. The highest BCUT2D eigenvalue weighted by molar-refractivity contribution is 5.93. The lowest BCUT2D eigenvalue weighted by atomic mass is 9.93. The van der Waals surface area contributed by atoms with Crippen LogP contribution in [-0.4, -0.2) is 25.3 Å². The Balaban J connectivity index is 2.03. The van der Waals surface area contributed by atoms with Gasteiger partial charge in [0.2, 0.25) is 5.91 Å². The van der Waals surface area contributed by atoms with Crippen molar-refractivity contribution in [1.82, 2.24) is 5.32 Å². The van der Waals surface area contributed by atoms with Crippen LogP contribution in [0.3, 0.4) is 0 Å². The summed E-state index contributed by atoms with van der Waals surface area (Å²) < 4.78 is 18.7. The summed E-state index contributed by atoms with van der Waals surface area (Å²) in [5.41, 5.74) is 0.599. The zero-order valence-corrected chi connectivity index (χ0v) is 11.9. The van der Waals surface area contributed by atoms with Crippen molar-refractivity contribution in [3.05, 3.63) is 41.2 Å². The van der Waals surface area contributed by atoms with Gasteiger partial charge in [0.25, 0.3) is 0 Å². The molecule has 0 bridgehead atoms. The lowest BCUT2D eigenvalue weighted by Gasteiger charge is -2.25. The average Bonchev–Trinajstić information content (AvgIpc) is 2.44. The molecule has 5 heteroatoms. The van der Waals surface area contributed by atoms with E-state index in [1.165, 1.54) is 19.3 Å². The van der Waals surface area contributed by atoms with E-state index in [2.05, 4.69) is 5.32 Å². The maximum atomic E-state index is 13.8. The first-order chi connectivity index (χ1) is 10.1. The lowest BCUT2D eigenvalue weighted by Crippen LogP contribution is -2.38. The molecule has 1 fully saturated rings. The second-order valence-electron chi connectivity index (χ2n) is 5.11. The number of allylic oxidation sites excluding steroid dienone is 1. The molecule has 2 rings (SSSR count). The van der Waals surface area contributed by atoms with E-state index in [9.17, 15) is 14.0 Å². The predicted octanol–water partition coefficient (Wildman–Crippen LogP) is 2.17. The fourth-order valence-electron chi connectivity index (χ4n) is 2.11. The van der Waals surface area contributed by atoms with E-state index in [-0.39, 0.29) is 23.9 Å². The molecule has 0 unspecified atom stereocenters. The number of rotatable bonds is 6. The van der Waals surface area contributed by atoms with Crippen LogP contribution in [-0.2, 0) is 16.0 Å². The van der Waals surface area contributed by atoms with Gasteiger partial charge in [0.05, 0.1) is 7.11 Å². The summed E-state index contributed by atoms with van der Waals surface area (Å²) in [6.07, 6.45) is 4.98. The summed E-state index contributed by atoms with van der Waals surface area (Å²) in [6.45, 7) is 0. The van der Waals surface area contributed by atoms with Crippen LogP contribution in [0.25, 0.3) is 0 Å². The van der Waals surface area contributed by atoms with E-state index in [4.69, 9.17) is 4.74 Å². The van der Waals surface area contributed by atoms with Gasteiger partial charge in [0.15, 0.2) is 0 Å². The Morgan fingerprint density at radius 3 is 2.76 bits per heavy atom. The Kier molecular flexibility index (Phi) is 5.09. The summed E-state index contributed by atoms with van der Waals surface area (Å²) in [5, 5.41) is 2.81. The number of amides is 1. The number of aldehydes is 1. The largest absolute Gasteiger partial charge is 0.497 e. The lowest BCUT2D eigenvalue weighted by molar-refractivity contribution is -0.118. The van der Waals surface area contributed by atoms with Gasteiger partial charge in [0.1, 0.15) is 17.9 Å². The van der Waals surface area contributed by atoms with Gasteiger partial charge in [-0.1, -0.05) is 6.07 Å². The van der Waals surface area contributed by atoms with Crippen LogP contribution >= 0.6 is 0 Å². The van der Waals surface area contributed by atoms with E-state index < -0.39 is 5.82 Å². The standard InChI is InChI=1S/C16H18FNO3/c1-21-14-6-5-12(15(17)9-14)7-11(10-19)8-16(20)18-13-3-2-4-13/h5-6,8-10,13H,2-4,7H2,1H3,(H,18,20)/b11-8-. The number of halogens is 1. The highest BCUT2D eigenvalue weighted by Crippen LogP contribution is 2.19. The third kappa shape index (κ3) is 4.15. The van der Waals surface area contributed by atoms with Crippen molar-refractivity contribution in [3.8, 4) is 5.75 Å². The number of methoxy groups -OCH3 is 1. The summed E-state index contributed by atoms with van der Waals surface area (Å²) in [4.78, 5) is 22.8. The van der Waals surface area contributed by atoms with Gasteiger partial charge in [-0.2, -0.15) is 0 Å². The van der Waals surface area contributed by atoms with Crippen LogP contribution in [0.15, 0.2) is 29.8 Å². The number of ether oxygens (including phenoxy) is 1. The monoisotopic (exact) mass is 291 g/mol. The number of carbonyl (C=O) groups excluding carboxylic acids is 2. The maximum absolute atomic E-state index is 13.8. The van der Waals surface area contributed by atoms with Gasteiger partial charge >= 0.3 is 0 Å². The molecule has 0 radical (unpaired) electrons. The van der Waals surface area contributed by atoms with Gasteiger partial charge in [-0.15, -0.1) is 0 Å². The number of nitrogens with one attached hydrogen (secondary N) is 1. The molecule has 1 aromatic carbocycles. The van der Waals surface area contributed by atoms with Crippen molar-refractivity contribution in [1.29, 1.82) is 0 Å². The first-order valence-electron chi connectivity index (χ1n) is 6.91. The summed E-state index contributed by atoms with van der Waals surface area (Å²) in [6, 6.07) is 4.64. The molecule has 1 aliphatic rings. The first-order valence-corrected chi connectivity index (χ1v) is 6.91. The SMILES string of the molecule is COc1ccc(C/C(C=O)=C/C(=O)NC2CCC2)c(F)c1. The molecule has 112 valence electrons. The van der Waals surface area contributed by atoms with Gasteiger partial charge in [-0.25, -0.2) is 4.39 Å². The van der Waals surface area contributed by atoms with Crippen LogP contribution in [0.2, 0.25) is 0 Å². The van der Waals surface area contributed by atoms with E-state index in [1.54, 1.807) is 12.1 Å². The van der Waals surface area contributed by atoms with Gasteiger partial charge in [-0.05, 0) is 30.9 Å². The Morgan fingerprint density at radius 1 is 1.48 bits per heavy atom. The molecule has 1 amide bonds. The molecule has 1 aliphatic carbocycles. The minimum absolute atomic E-state index is 0.0808. The summed E-state index contributed by atoms with van der Waals surface area (Å²) >= 11 is 0. The van der Waals surface area contributed by atoms with Crippen molar-refractivity contribution in [2.75, 3.05) is 7.11 Å². The van der Waals surface area contributed by atoms with E-state index in [1.807, 2.05) is 0 Å². The normalized spacial score (nSPS) is 15.2. The van der Waals surface area contributed by atoms with Crippen molar-refractivity contribution in [2.24, 2.45) is 0 Å². The number of benzene rings is 1. The summed E-state index contributed by atoms with van der Waals surface area (Å²) in [7, 11) is 1.45. The van der Waals surface area contributed by atoms with E-state index in [0.717, 1.165) is 19.3 Å². The zero-order valence-electron chi connectivity index (χ0n) is 11.9. The Morgan fingerprint density at radius 2 is 2.24 bits per heavy atom. The van der Waals surface area contributed by atoms with Crippen LogP contribution in [0.1, 0.15) is 24.8 Å². The number of hydrogen-bond donors (Lipinski definition) is 1. The molecule has 21 heavy (non-hydrogen) atoms. The van der Waals surface area contributed by atoms with Gasteiger partial charge < -0.3 is 10.1 Å². The third-order valence-electron chi connectivity index (χ3n) is 3.57. The van der Waals surface area contributed by atoms with E-state index >= 15 is 0 Å².